The Balaban J connectivity index is 3.01. The van der Waals surface area contributed by atoms with Crippen LogP contribution >= 0.6 is 0 Å². The second kappa shape index (κ2) is 5.57. The first-order valence-electron chi connectivity index (χ1n) is 5.35. The van der Waals surface area contributed by atoms with Gasteiger partial charge in [-0.2, -0.15) is 0 Å². The molecule has 0 fully saturated rings. The lowest BCUT2D eigenvalue weighted by atomic mass is 10.1. The number of nitrogens with two attached hydrogens (primary N) is 1. The number of halogens is 1. The minimum absolute atomic E-state index is 0.0431. The average molecular weight is 260 g/mol. The molecule has 0 aliphatic rings. The van der Waals surface area contributed by atoms with Crippen molar-refractivity contribution in [3.63, 3.8) is 0 Å². The maximum Gasteiger partial charge on any atom is 0.243 e. The fourth-order valence-electron chi connectivity index (χ4n) is 1.38. The largest absolute Gasteiger partial charge is 0.329 e. The van der Waals surface area contributed by atoms with Crippen molar-refractivity contribution >= 4 is 10.0 Å². The van der Waals surface area contributed by atoms with Crippen LogP contribution in [0.15, 0.2) is 29.2 Å². The van der Waals surface area contributed by atoms with Gasteiger partial charge in [0, 0.05) is 12.6 Å². The molecule has 1 aromatic rings. The Morgan fingerprint density at radius 1 is 1.35 bits per heavy atom. The van der Waals surface area contributed by atoms with Crippen molar-refractivity contribution in [1.29, 1.82) is 0 Å². The molecule has 4 nitrogen and oxygen atoms in total. The van der Waals surface area contributed by atoms with Crippen LogP contribution in [0.25, 0.3) is 0 Å². The van der Waals surface area contributed by atoms with Crippen LogP contribution in [0.2, 0.25) is 0 Å². The summed E-state index contributed by atoms with van der Waals surface area (Å²) in [6.45, 7) is 3.87. The quantitative estimate of drug-likeness (QED) is 0.832. The molecule has 0 saturated carbocycles. The summed E-state index contributed by atoms with van der Waals surface area (Å²) in [6, 6.07) is 4.86. The van der Waals surface area contributed by atoms with Crippen molar-refractivity contribution in [3.8, 4) is 0 Å². The molecule has 0 aliphatic carbocycles. The zero-order valence-corrected chi connectivity index (χ0v) is 10.7. The first kappa shape index (κ1) is 14.1. The molecular weight excluding hydrogens is 243 g/mol. The summed E-state index contributed by atoms with van der Waals surface area (Å²) in [5.74, 6) is -0.721. The van der Waals surface area contributed by atoms with Crippen LogP contribution < -0.4 is 10.5 Å². The van der Waals surface area contributed by atoms with Gasteiger partial charge in [-0.3, -0.25) is 0 Å². The second-order valence-electron chi connectivity index (χ2n) is 4.14. The van der Waals surface area contributed by atoms with Crippen molar-refractivity contribution in [2.75, 3.05) is 6.54 Å². The molecule has 0 heterocycles. The molecule has 1 atom stereocenters. The molecule has 0 saturated heterocycles. The van der Waals surface area contributed by atoms with Gasteiger partial charge in [-0.1, -0.05) is 26.0 Å². The smallest absolute Gasteiger partial charge is 0.243 e. The summed E-state index contributed by atoms with van der Waals surface area (Å²) in [4.78, 5) is -0.348. The van der Waals surface area contributed by atoms with Gasteiger partial charge in [-0.25, -0.2) is 17.5 Å². The summed E-state index contributed by atoms with van der Waals surface area (Å²) < 4.78 is 39.6. The molecule has 3 N–H and O–H groups in total. The van der Waals surface area contributed by atoms with E-state index < -0.39 is 21.9 Å². The minimum Gasteiger partial charge on any atom is -0.329 e. The molecule has 1 unspecified atom stereocenters. The zero-order valence-electron chi connectivity index (χ0n) is 9.85. The predicted molar refractivity (Wildman–Crippen MR) is 64.4 cm³/mol. The van der Waals surface area contributed by atoms with Crippen molar-refractivity contribution in [1.82, 2.24) is 4.72 Å². The van der Waals surface area contributed by atoms with E-state index in [1.807, 2.05) is 13.8 Å². The van der Waals surface area contributed by atoms with Crippen molar-refractivity contribution in [2.24, 2.45) is 11.7 Å². The molecule has 0 radical (unpaired) electrons. The van der Waals surface area contributed by atoms with Crippen LogP contribution in [-0.4, -0.2) is 21.0 Å². The molecule has 0 bridgehead atoms. The Kier molecular flexibility index (Phi) is 4.62. The van der Waals surface area contributed by atoms with Gasteiger partial charge in [0.25, 0.3) is 0 Å². The third kappa shape index (κ3) is 3.49. The highest BCUT2D eigenvalue weighted by atomic mass is 32.2. The van der Waals surface area contributed by atoms with Crippen molar-refractivity contribution < 1.29 is 12.8 Å². The van der Waals surface area contributed by atoms with Crippen LogP contribution in [0.1, 0.15) is 13.8 Å². The summed E-state index contributed by atoms with van der Waals surface area (Å²) >= 11 is 0. The molecule has 0 aromatic heterocycles. The number of sulfonamides is 1. The Hall–Kier alpha value is -0.980. The van der Waals surface area contributed by atoms with Gasteiger partial charge in [0.2, 0.25) is 10.0 Å². The maximum absolute atomic E-state index is 13.4. The number of hydrogen-bond donors (Lipinski definition) is 2. The summed E-state index contributed by atoms with van der Waals surface area (Å²) in [5, 5.41) is 0. The lowest BCUT2D eigenvalue weighted by Crippen LogP contribution is -2.43. The van der Waals surface area contributed by atoms with Crippen LogP contribution in [-0.2, 0) is 10.0 Å². The number of rotatable bonds is 5. The van der Waals surface area contributed by atoms with Crippen LogP contribution in [0.5, 0.6) is 0 Å². The SMILES string of the molecule is CC(C)C(CN)NS(=O)(=O)c1ccccc1F. The summed E-state index contributed by atoms with van der Waals surface area (Å²) in [5.41, 5.74) is 5.48. The molecule has 1 aromatic carbocycles. The Morgan fingerprint density at radius 3 is 2.41 bits per heavy atom. The lowest BCUT2D eigenvalue weighted by molar-refractivity contribution is 0.452. The fourth-order valence-corrected chi connectivity index (χ4v) is 2.86. The third-order valence-electron chi connectivity index (χ3n) is 2.49. The van der Waals surface area contributed by atoms with E-state index in [2.05, 4.69) is 4.72 Å². The molecule has 6 heteroatoms. The minimum atomic E-state index is -3.85. The van der Waals surface area contributed by atoms with Gasteiger partial charge in [-0.15, -0.1) is 0 Å². The number of nitrogens with one attached hydrogen (secondary N) is 1. The molecule has 96 valence electrons. The summed E-state index contributed by atoms with van der Waals surface area (Å²) in [6.07, 6.45) is 0. The lowest BCUT2D eigenvalue weighted by Gasteiger charge is -2.20. The van der Waals surface area contributed by atoms with Crippen LogP contribution in [0, 0.1) is 11.7 Å². The monoisotopic (exact) mass is 260 g/mol. The molecule has 17 heavy (non-hydrogen) atoms. The standard InChI is InChI=1S/C11H17FN2O2S/c1-8(2)10(7-13)14-17(15,16)11-6-4-3-5-9(11)12/h3-6,8,10,14H,7,13H2,1-2H3. The molecular formula is C11H17FN2O2S. The average Bonchev–Trinajstić information content (AvgIpc) is 2.26. The van der Waals surface area contributed by atoms with E-state index in [1.165, 1.54) is 18.2 Å². The summed E-state index contributed by atoms with van der Waals surface area (Å²) in [7, 11) is -3.85. The van der Waals surface area contributed by atoms with E-state index in [0.717, 1.165) is 6.07 Å². The third-order valence-corrected chi connectivity index (χ3v) is 4.01. The first-order valence-corrected chi connectivity index (χ1v) is 6.83. The predicted octanol–water partition coefficient (Wildman–Crippen LogP) is 1.09. The fraction of sp³-hybridized carbons (Fsp3) is 0.455. The van der Waals surface area contributed by atoms with E-state index in [-0.39, 0.29) is 17.4 Å². The highest BCUT2D eigenvalue weighted by Crippen LogP contribution is 2.14. The Labute approximate surface area is 101 Å². The van der Waals surface area contributed by atoms with Crippen molar-refractivity contribution in [3.05, 3.63) is 30.1 Å². The normalized spacial score (nSPS) is 13.9. The second-order valence-corrected chi connectivity index (χ2v) is 5.82. The topological polar surface area (TPSA) is 72.2 Å². The van der Waals surface area contributed by atoms with Gasteiger partial charge >= 0.3 is 0 Å². The highest BCUT2D eigenvalue weighted by molar-refractivity contribution is 7.89. The van der Waals surface area contributed by atoms with E-state index in [0.29, 0.717) is 0 Å². The molecule has 1 rings (SSSR count). The molecule has 0 amide bonds. The van der Waals surface area contributed by atoms with Gasteiger partial charge in [0.05, 0.1) is 0 Å². The Morgan fingerprint density at radius 2 is 1.94 bits per heavy atom. The van der Waals surface area contributed by atoms with E-state index in [9.17, 15) is 12.8 Å². The number of hydrogen-bond acceptors (Lipinski definition) is 3. The maximum atomic E-state index is 13.4. The molecule has 0 spiro atoms. The number of benzene rings is 1. The van der Waals surface area contributed by atoms with Crippen LogP contribution in [0.4, 0.5) is 4.39 Å². The van der Waals surface area contributed by atoms with Gasteiger partial charge in [0.15, 0.2) is 0 Å². The van der Waals surface area contributed by atoms with Gasteiger partial charge in [0.1, 0.15) is 10.7 Å². The van der Waals surface area contributed by atoms with E-state index >= 15 is 0 Å². The molecule has 0 aliphatic heterocycles. The van der Waals surface area contributed by atoms with Crippen LogP contribution in [0.3, 0.4) is 0 Å². The van der Waals surface area contributed by atoms with E-state index in [1.54, 1.807) is 0 Å². The first-order chi connectivity index (χ1) is 7.88. The van der Waals surface area contributed by atoms with Gasteiger partial charge < -0.3 is 5.73 Å². The van der Waals surface area contributed by atoms with Gasteiger partial charge in [-0.05, 0) is 18.1 Å². The van der Waals surface area contributed by atoms with E-state index in [4.69, 9.17) is 5.73 Å². The highest BCUT2D eigenvalue weighted by Gasteiger charge is 2.23. The van der Waals surface area contributed by atoms with Crippen molar-refractivity contribution in [2.45, 2.75) is 24.8 Å². The Bertz CT molecular complexity index is 474. The zero-order chi connectivity index (χ0) is 13.1.